The van der Waals surface area contributed by atoms with Gasteiger partial charge in [-0.25, -0.2) is 0 Å². The van der Waals surface area contributed by atoms with E-state index in [0.717, 1.165) is 0 Å². The Hall–Kier alpha value is -0.150. The summed E-state index contributed by atoms with van der Waals surface area (Å²) in [5.41, 5.74) is 0. The Morgan fingerprint density at radius 3 is 1.67 bits per heavy atom. The molecular formula is C6H11FO2. The molecule has 0 spiro atoms. The standard InChI is InChI=1S/C6H11FO2/c1-4-5(2)9-6(3,7)8-4/h4-5H,1-3H3. The minimum atomic E-state index is -1.86. The van der Waals surface area contributed by atoms with Gasteiger partial charge in [-0.05, 0) is 13.8 Å². The van der Waals surface area contributed by atoms with Crippen molar-refractivity contribution in [1.29, 1.82) is 0 Å². The molecule has 54 valence electrons. The molecule has 2 unspecified atom stereocenters. The van der Waals surface area contributed by atoms with E-state index in [1.807, 2.05) is 0 Å². The molecule has 0 amide bonds. The van der Waals surface area contributed by atoms with Crippen LogP contribution in [0.1, 0.15) is 20.8 Å². The van der Waals surface area contributed by atoms with E-state index in [0.29, 0.717) is 0 Å². The molecule has 0 aromatic heterocycles. The normalized spacial score (nSPS) is 52.0. The van der Waals surface area contributed by atoms with Gasteiger partial charge in [0.1, 0.15) is 0 Å². The molecule has 0 radical (unpaired) electrons. The molecule has 0 aliphatic carbocycles. The van der Waals surface area contributed by atoms with Crippen molar-refractivity contribution in [2.24, 2.45) is 0 Å². The zero-order valence-electron chi connectivity index (χ0n) is 5.85. The van der Waals surface area contributed by atoms with E-state index in [-0.39, 0.29) is 12.2 Å². The quantitative estimate of drug-likeness (QED) is 0.499. The maximum Gasteiger partial charge on any atom is 0.318 e. The van der Waals surface area contributed by atoms with E-state index in [2.05, 4.69) is 0 Å². The molecule has 9 heavy (non-hydrogen) atoms. The average molecular weight is 134 g/mol. The van der Waals surface area contributed by atoms with Crippen LogP contribution in [0.2, 0.25) is 0 Å². The molecule has 3 heteroatoms. The molecule has 0 saturated carbocycles. The van der Waals surface area contributed by atoms with Gasteiger partial charge in [-0.15, -0.1) is 0 Å². The predicted molar refractivity (Wildman–Crippen MR) is 30.6 cm³/mol. The van der Waals surface area contributed by atoms with Gasteiger partial charge in [0.25, 0.3) is 0 Å². The summed E-state index contributed by atoms with van der Waals surface area (Å²) in [4.78, 5) is 0. The summed E-state index contributed by atoms with van der Waals surface area (Å²) in [5, 5.41) is 0. The molecule has 1 aliphatic rings. The maximum absolute atomic E-state index is 12.7. The van der Waals surface area contributed by atoms with Gasteiger partial charge < -0.3 is 9.47 Å². The Labute approximate surface area is 54.0 Å². The van der Waals surface area contributed by atoms with Crippen LogP contribution >= 0.6 is 0 Å². The second-order valence-corrected chi connectivity index (χ2v) is 2.48. The Kier molecular flexibility index (Phi) is 1.49. The van der Waals surface area contributed by atoms with E-state index in [4.69, 9.17) is 9.47 Å². The first-order valence-electron chi connectivity index (χ1n) is 3.06. The molecule has 1 saturated heterocycles. The van der Waals surface area contributed by atoms with Crippen molar-refractivity contribution in [3.8, 4) is 0 Å². The third-order valence-electron chi connectivity index (χ3n) is 1.45. The summed E-state index contributed by atoms with van der Waals surface area (Å²) in [6.07, 6.45) is -0.278. The van der Waals surface area contributed by atoms with Crippen LogP contribution in [0.15, 0.2) is 0 Å². The zero-order chi connectivity index (χ0) is 7.07. The van der Waals surface area contributed by atoms with Crippen molar-refractivity contribution >= 4 is 0 Å². The lowest BCUT2D eigenvalue weighted by Gasteiger charge is -2.10. The van der Waals surface area contributed by atoms with Gasteiger partial charge in [0.05, 0.1) is 12.2 Å². The van der Waals surface area contributed by atoms with Gasteiger partial charge in [0.15, 0.2) is 0 Å². The highest BCUT2D eigenvalue weighted by Gasteiger charge is 2.39. The molecule has 1 aliphatic heterocycles. The van der Waals surface area contributed by atoms with Crippen LogP contribution in [0.5, 0.6) is 0 Å². The van der Waals surface area contributed by atoms with Crippen molar-refractivity contribution in [2.45, 2.75) is 39.0 Å². The topological polar surface area (TPSA) is 18.5 Å². The summed E-state index contributed by atoms with van der Waals surface area (Å²) >= 11 is 0. The zero-order valence-corrected chi connectivity index (χ0v) is 5.85. The second kappa shape index (κ2) is 1.92. The van der Waals surface area contributed by atoms with Crippen LogP contribution in [0.3, 0.4) is 0 Å². The SMILES string of the molecule is CC1OC(C)(F)OC1C. The predicted octanol–water partition coefficient (Wildman–Crippen LogP) is 1.45. The number of ether oxygens (including phenoxy) is 2. The minimum absolute atomic E-state index is 0.139. The van der Waals surface area contributed by atoms with Crippen LogP contribution in [0, 0.1) is 0 Å². The lowest BCUT2D eigenvalue weighted by molar-refractivity contribution is -0.251. The summed E-state index contributed by atoms with van der Waals surface area (Å²) < 4.78 is 22.2. The Morgan fingerprint density at radius 1 is 1.22 bits per heavy atom. The smallest absolute Gasteiger partial charge is 0.318 e. The van der Waals surface area contributed by atoms with E-state index >= 15 is 0 Å². The molecule has 1 fully saturated rings. The van der Waals surface area contributed by atoms with E-state index in [1.54, 1.807) is 13.8 Å². The monoisotopic (exact) mass is 134 g/mol. The number of hydrogen-bond acceptors (Lipinski definition) is 2. The first-order chi connectivity index (χ1) is 4.01. The van der Waals surface area contributed by atoms with Crippen molar-refractivity contribution in [3.05, 3.63) is 0 Å². The Morgan fingerprint density at radius 2 is 1.56 bits per heavy atom. The highest BCUT2D eigenvalue weighted by molar-refractivity contribution is 4.70. The van der Waals surface area contributed by atoms with E-state index in [9.17, 15) is 4.39 Å². The van der Waals surface area contributed by atoms with Gasteiger partial charge in [-0.3, -0.25) is 0 Å². The minimum Gasteiger partial charge on any atom is -0.318 e. The van der Waals surface area contributed by atoms with Gasteiger partial charge in [-0.1, -0.05) is 0 Å². The van der Waals surface area contributed by atoms with Crippen LogP contribution in [0.25, 0.3) is 0 Å². The van der Waals surface area contributed by atoms with Crippen molar-refractivity contribution < 1.29 is 13.9 Å². The Balaban J connectivity index is 2.54. The van der Waals surface area contributed by atoms with Crippen molar-refractivity contribution in [1.82, 2.24) is 0 Å². The van der Waals surface area contributed by atoms with Gasteiger partial charge in [0, 0.05) is 6.92 Å². The number of alkyl halides is 1. The molecular weight excluding hydrogens is 123 g/mol. The summed E-state index contributed by atoms with van der Waals surface area (Å²) in [6, 6.07) is -1.86. The number of hydrogen-bond donors (Lipinski definition) is 0. The maximum atomic E-state index is 12.7. The van der Waals surface area contributed by atoms with Gasteiger partial charge >= 0.3 is 6.04 Å². The van der Waals surface area contributed by atoms with E-state index in [1.165, 1.54) is 6.92 Å². The van der Waals surface area contributed by atoms with Crippen LogP contribution in [0.4, 0.5) is 4.39 Å². The molecule has 0 N–H and O–H groups in total. The largest absolute Gasteiger partial charge is 0.318 e. The summed E-state index contributed by atoms with van der Waals surface area (Å²) in [6.45, 7) is 4.85. The fourth-order valence-corrected chi connectivity index (χ4v) is 0.884. The second-order valence-electron chi connectivity index (χ2n) is 2.48. The molecule has 1 rings (SSSR count). The highest BCUT2D eigenvalue weighted by atomic mass is 19.2. The molecule has 0 aromatic rings. The first kappa shape index (κ1) is 6.96. The lowest BCUT2D eigenvalue weighted by Crippen LogP contribution is -2.18. The third-order valence-corrected chi connectivity index (χ3v) is 1.45. The molecule has 1 heterocycles. The molecule has 0 bridgehead atoms. The van der Waals surface area contributed by atoms with Crippen molar-refractivity contribution in [2.75, 3.05) is 0 Å². The average Bonchev–Trinajstić information content (AvgIpc) is 1.79. The molecule has 2 nitrogen and oxygen atoms in total. The third kappa shape index (κ3) is 1.40. The fraction of sp³-hybridized carbons (Fsp3) is 1.00. The molecule has 0 aromatic carbocycles. The van der Waals surface area contributed by atoms with E-state index < -0.39 is 6.04 Å². The number of rotatable bonds is 0. The van der Waals surface area contributed by atoms with Crippen LogP contribution in [-0.2, 0) is 9.47 Å². The van der Waals surface area contributed by atoms with Crippen LogP contribution < -0.4 is 0 Å². The van der Waals surface area contributed by atoms with Crippen LogP contribution in [-0.4, -0.2) is 18.2 Å². The van der Waals surface area contributed by atoms with Gasteiger partial charge in [-0.2, -0.15) is 4.39 Å². The number of halogens is 1. The Bertz CT molecular complexity index is 102. The summed E-state index contributed by atoms with van der Waals surface area (Å²) in [7, 11) is 0. The fourth-order valence-electron chi connectivity index (χ4n) is 0.884. The van der Waals surface area contributed by atoms with Gasteiger partial charge in [0.2, 0.25) is 0 Å². The lowest BCUT2D eigenvalue weighted by atomic mass is 10.3. The van der Waals surface area contributed by atoms with Crippen molar-refractivity contribution in [3.63, 3.8) is 0 Å². The summed E-state index contributed by atoms with van der Waals surface area (Å²) in [5.74, 6) is 0. The molecule has 2 atom stereocenters. The first-order valence-corrected chi connectivity index (χ1v) is 3.06. The highest BCUT2D eigenvalue weighted by Crippen LogP contribution is 2.28.